The average molecular weight is 237 g/mol. The van der Waals surface area contributed by atoms with Crippen molar-refractivity contribution in [2.75, 3.05) is 32.7 Å². The fraction of sp³-hybridized carbons (Fsp3) is 1.00. The van der Waals surface area contributed by atoms with E-state index in [-0.39, 0.29) is 0 Å². The summed E-state index contributed by atoms with van der Waals surface area (Å²) in [6.07, 6.45) is 5.53. The molecule has 0 radical (unpaired) electrons. The van der Waals surface area contributed by atoms with Crippen molar-refractivity contribution in [3.05, 3.63) is 0 Å². The van der Waals surface area contributed by atoms with E-state index >= 15 is 0 Å². The lowest BCUT2D eigenvalue weighted by atomic mass is 9.76. The van der Waals surface area contributed by atoms with Gasteiger partial charge in [0.05, 0.1) is 0 Å². The summed E-state index contributed by atoms with van der Waals surface area (Å²) in [5.74, 6) is 1.72. The van der Waals surface area contributed by atoms with Gasteiger partial charge in [-0.1, -0.05) is 19.8 Å². The standard InChI is InChI=1S/C14H27N3/c1-11-2-4-12(5-3-11)14(15)13-10-16-6-8-17(13)9-7-16/h11-14H,2-10,15H2,1H3. The molecule has 3 saturated heterocycles. The first-order chi connectivity index (χ1) is 8.24. The second-order valence-electron chi connectivity index (χ2n) is 6.50. The molecule has 0 amide bonds. The first-order valence-electron chi connectivity index (χ1n) is 7.46. The predicted octanol–water partition coefficient (Wildman–Crippen LogP) is 1.14. The summed E-state index contributed by atoms with van der Waals surface area (Å²) in [5.41, 5.74) is 6.59. The van der Waals surface area contributed by atoms with Gasteiger partial charge >= 0.3 is 0 Å². The molecule has 3 aliphatic heterocycles. The highest BCUT2D eigenvalue weighted by atomic mass is 15.3. The molecular formula is C14H27N3. The Balaban J connectivity index is 1.60. The van der Waals surface area contributed by atoms with Gasteiger partial charge in [-0.2, -0.15) is 0 Å². The molecule has 2 bridgehead atoms. The lowest BCUT2D eigenvalue weighted by molar-refractivity contribution is -0.00998. The van der Waals surface area contributed by atoms with Gasteiger partial charge in [-0.25, -0.2) is 0 Å². The zero-order valence-corrected chi connectivity index (χ0v) is 11.1. The van der Waals surface area contributed by atoms with Crippen molar-refractivity contribution >= 4 is 0 Å². The van der Waals surface area contributed by atoms with Crippen molar-refractivity contribution in [1.82, 2.24) is 9.80 Å². The number of hydrogen-bond acceptors (Lipinski definition) is 3. The van der Waals surface area contributed by atoms with Crippen LogP contribution >= 0.6 is 0 Å². The smallest absolute Gasteiger partial charge is 0.0378 e. The maximum atomic E-state index is 6.59. The minimum atomic E-state index is 0.422. The summed E-state index contributed by atoms with van der Waals surface area (Å²) in [7, 11) is 0. The van der Waals surface area contributed by atoms with Gasteiger partial charge in [-0.05, 0) is 24.7 Å². The van der Waals surface area contributed by atoms with Crippen LogP contribution in [0.1, 0.15) is 32.6 Å². The van der Waals surface area contributed by atoms with E-state index in [0.29, 0.717) is 12.1 Å². The number of nitrogens with zero attached hydrogens (tertiary/aromatic N) is 2. The zero-order valence-electron chi connectivity index (χ0n) is 11.1. The fourth-order valence-electron chi connectivity index (χ4n) is 4.01. The van der Waals surface area contributed by atoms with Gasteiger partial charge < -0.3 is 5.73 Å². The first kappa shape index (κ1) is 11.9. The van der Waals surface area contributed by atoms with Gasteiger partial charge in [0.15, 0.2) is 0 Å². The molecular weight excluding hydrogens is 210 g/mol. The number of piperazine rings is 3. The highest BCUT2D eigenvalue weighted by Crippen LogP contribution is 2.32. The van der Waals surface area contributed by atoms with E-state index in [4.69, 9.17) is 5.73 Å². The van der Waals surface area contributed by atoms with Crippen LogP contribution in [0.3, 0.4) is 0 Å². The van der Waals surface area contributed by atoms with Crippen molar-refractivity contribution < 1.29 is 0 Å². The first-order valence-corrected chi connectivity index (χ1v) is 7.46. The lowest BCUT2D eigenvalue weighted by Crippen LogP contribution is -2.67. The minimum absolute atomic E-state index is 0.422. The number of nitrogens with two attached hydrogens (primary N) is 1. The van der Waals surface area contributed by atoms with E-state index in [9.17, 15) is 0 Å². The summed E-state index contributed by atoms with van der Waals surface area (Å²) in [4.78, 5) is 5.26. The van der Waals surface area contributed by atoms with Crippen molar-refractivity contribution in [2.45, 2.75) is 44.7 Å². The molecule has 2 N–H and O–H groups in total. The third-order valence-corrected chi connectivity index (χ3v) is 5.37. The van der Waals surface area contributed by atoms with Crippen LogP contribution in [0.25, 0.3) is 0 Å². The molecule has 1 aliphatic carbocycles. The second-order valence-corrected chi connectivity index (χ2v) is 6.50. The van der Waals surface area contributed by atoms with E-state index in [1.807, 2.05) is 0 Å². The molecule has 17 heavy (non-hydrogen) atoms. The average Bonchev–Trinajstić information content (AvgIpc) is 2.40. The van der Waals surface area contributed by atoms with Crippen LogP contribution in [-0.4, -0.2) is 54.6 Å². The van der Waals surface area contributed by atoms with E-state index in [1.165, 1.54) is 58.4 Å². The largest absolute Gasteiger partial charge is 0.326 e. The Labute approximate surface area is 105 Å². The molecule has 0 aromatic carbocycles. The van der Waals surface area contributed by atoms with Gasteiger partial charge in [0.25, 0.3) is 0 Å². The van der Waals surface area contributed by atoms with E-state index in [0.717, 1.165) is 11.8 Å². The lowest BCUT2D eigenvalue weighted by Gasteiger charge is -2.51. The fourth-order valence-corrected chi connectivity index (χ4v) is 4.01. The minimum Gasteiger partial charge on any atom is -0.326 e. The van der Waals surface area contributed by atoms with Crippen LogP contribution in [0.2, 0.25) is 0 Å². The molecule has 0 aromatic rings. The van der Waals surface area contributed by atoms with Gasteiger partial charge in [-0.3, -0.25) is 9.80 Å². The van der Waals surface area contributed by atoms with E-state index < -0.39 is 0 Å². The van der Waals surface area contributed by atoms with Crippen LogP contribution in [0, 0.1) is 11.8 Å². The Kier molecular flexibility index (Phi) is 3.42. The number of fused-ring (bicyclic) bond motifs is 3. The van der Waals surface area contributed by atoms with Gasteiger partial charge in [0, 0.05) is 44.8 Å². The number of rotatable bonds is 2. The molecule has 3 heteroatoms. The van der Waals surface area contributed by atoms with Crippen LogP contribution in [-0.2, 0) is 0 Å². The summed E-state index contributed by atoms with van der Waals surface area (Å²) in [6, 6.07) is 1.07. The van der Waals surface area contributed by atoms with Crippen molar-refractivity contribution in [3.8, 4) is 0 Å². The monoisotopic (exact) mass is 237 g/mol. The molecule has 3 nitrogen and oxygen atoms in total. The zero-order chi connectivity index (χ0) is 11.8. The quantitative estimate of drug-likeness (QED) is 0.782. The molecule has 0 spiro atoms. The Morgan fingerprint density at radius 2 is 1.65 bits per heavy atom. The molecule has 3 heterocycles. The maximum absolute atomic E-state index is 6.59. The van der Waals surface area contributed by atoms with E-state index in [2.05, 4.69) is 16.7 Å². The molecule has 4 rings (SSSR count). The van der Waals surface area contributed by atoms with Crippen LogP contribution in [0.5, 0.6) is 0 Å². The molecule has 1 saturated carbocycles. The SMILES string of the molecule is CC1CCC(C(N)C2CN3CCN2CC3)CC1. The summed E-state index contributed by atoms with van der Waals surface area (Å²) >= 11 is 0. The molecule has 2 atom stereocenters. The Bertz CT molecular complexity index is 252. The molecule has 2 unspecified atom stereocenters. The predicted molar refractivity (Wildman–Crippen MR) is 70.9 cm³/mol. The Morgan fingerprint density at radius 1 is 1.00 bits per heavy atom. The Hall–Kier alpha value is -0.120. The summed E-state index contributed by atoms with van der Waals surface area (Å²) in [6.45, 7) is 8.66. The van der Waals surface area contributed by atoms with Crippen LogP contribution in [0.4, 0.5) is 0 Å². The van der Waals surface area contributed by atoms with Crippen LogP contribution in [0.15, 0.2) is 0 Å². The highest BCUT2D eigenvalue weighted by Gasteiger charge is 2.38. The number of hydrogen-bond donors (Lipinski definition) is 1. The topological polar surface area (TPSA) is 32.5 Å². The normalized spacial score (nSPS) is 48.0. The molecule has 98 valence electrons. The molecule has 4 fully saturated rings. The molecule has 4 aliphatic rings. The summed E-state index contributed by atoms with van der Waals surface area (Å²) < 4.78 is 0. The third kappa shape index (κ3) is 2.38. The van der Waals surface area contributed by atoms with Crippen molar-refractivity contribution in [1.29, 1.82) is 0 Å². The van der Waals surface area contributed by atoms with Crippen molar-refractivity contribution in [2.24, 2.45) is 17.6 Å². The van der Waals surface area contributed by atoms with Gasteiger partial charge in [-0.15, -0.1) is 0 Å². The highest BCUT2D eigenvalue weighted by molar-refractivity contribution is 4.96. The second kappa shape index (κ2) is 4.87. The maximum Gasteiger partial charge on any atom is 0.0378 e. The molecule has 0 aromatic heterocycles. The summed E-state index contributed by atoms with van der Waals surface area (Å²) in [5, 5.41) is 0. The van der Waals surface area contributed by atoms with Crippen LogP contribution < -0.4 is 5.73 Å². The van der Waals surface area contributed by atoms with Crippen molar-refractivity contribution in [3.63, 3.8) is 0 Å². The third-order valence-electron chi connectivity index (χ3n) is 5.37. The van der Waals surface area contributed by atoms with Gasteiger partial charge in [0.1, 0.15) is 0 Å². The van der Waals surface area contributed by atoms with E-state index in [1.54, 1.807) is 0 Å². The Morgan fingerprint density at radius 3 is 2.18 bits per heavy atom. The van der Waals surface area contributed by atoms with Gasteiger partial charge in [0.2, 0.25) is 0 Å².